The van der Waals surface area contributed by atoms with Gasteiger partial charge in [0.1, 0.15) is 5.75 Å². The van der Waals surface area contributed by atoms with Crippen molar-refractivity contribution in [1.29, 1.82) is 0 Å². The molecular weight excluding hydrogens is 314 g/mol. The number of anilines is 1. The molecule has 2 atom stereocenters. The number of benzene rings is 1. The molecule has 0 unspecified atom stereocenters. The van der Waals surface area contributed by atoms with E-state index in [0.29, 0.717) is 29.5 Å². The first kappa shape index (κ1) is 16.7. The quantitative estimate of drug-likeness (QED) is 0.842. The zero-order valence-corrected chi connectivity index (χ0v) is 14.1. The van der Waals surface area contributed by atoms with Gasteiger partial charge in [-0.25, -0.2) is 4.79 Å². The van der Waals surface area contributed by atoms with E-state index in [1.807, 2.05) is 14.0 Å². The summed E-state index contributed by atoms with van der Waals surface area (Å²) in [6.07, 6.45) is -0.00982. The van der Waals surface area contributed by atoms with Crippen LogP contribution in [0.2, 0.25) is 0 Å². The minimum absolute atomic E-state index is 0.00982. The summed E-state index contributed by atoms with van der Waals surface area (Å²) < 4.78 is 21.7. The van der Waals surface area contributed by atoms with Crippen LogP contribution in [-0.2, 0) is 4.74 Å². The summed E-state index contributed by atoms with van der Waals surface area (Å²) in [7, 11) is 3.55. The number of hydrogen-bond donors (Lipinski definition) is 2. The molecule has 1 saturated heterocycles. The Morgan fingerprint density at radius 1 is 1.33 bits per heavy atom. The summed E-state index contributed by atoms with van der Waals surface area (Å²) >= 11 is 0. The second-order valence-corrected chi connectivity index (χ2v) is 5.83. The first-order chi connectivity index (χ1) is 11.6. The second kappa shape index (κ2) is 7.14. The van der Waals surface area contributed by atoms with Crippen LogP contribution in [0.25, 0.3) is 0 Å². The Hall–Kier alpha value is -2.19. The van der Waals surface area contributed by atoms with E-state index < -0.39 is 0 Å². The van der Waals surface area contributed by atoms with Crippen LogP contribution in [-0.4, -0.2) is 63.7 Å². The van der Waals surface area contributed by atoms with Crippen LogP contribution >= 0.6 is 0 Å². The van der Waals surface area contributed by atoms with E-state index in [1.54, 1.807) is 12.1 Å². The Kier molecular flexibility index (Phi) is 4.96. The van der Waals surface area contributed by atoms with Crippen molar-refractivity contribution < 1.29 is 23.7 Å². The lowest BCUT2D eigenvalue weighted by atomic mass is 10.2. The molecule has 132 valence electrons. The predicted molar refractivity (Wildman–Crippen MR) is 88.0 cm³/mol. The van der Waals surface area contributed by atoms with Crippen molar-refractivity contribution in [3.05, 3.63) is 12.1 Å². The number of nitrogens with one attached hydrogen (secondary N) is 2. The second-order valence-electron chi connectivity index (χ2n) is 5.83. The standard InChI is InChI=1S/C16H23N3O5/c1-4-22-15-8-19(2)7-11(15)18-16(20)17-10-5-13-14(24-9-23-13)6-12(10)21-3/h5-6,11,15H,4,7-9H2,1-3H3,(H2,17,18,20)/t11-,15-/m0/s1. The maximum atomic E-state index is 12.4. The summed E-state index contributed by atoms with van der Waals surface area (Å²) in [4.78, 5) is 14.5. The summed E-state index contributed by atoms with van der Waals surface area (Å²) in [5.41, 5.74) is 0.526. The number of methoxy groups -OCH3 is 1. The number of hydrogen-bond acceptors (Lipinski definition) is 6. The fraction of sp³-hybridized carbons (Fsp3) is 0.562. The monoisotopic (exact) mass is 337 g/mol. The van der Waals surface area contributed by atoms with E-state index in [0.717, 1.165) is 13.1 Å². The molecule has 1 aromatic carbocycles. The average molecular weight is 337 g/mol. The lowest BCUT2D eigenvalue weighted by molar-refractivity contribution is 0.0568. The zero-order chi connectivity index (χ0) is 17.1. The summed E-state index contributed by atoms with van der Waals surface area (Å²) in [5, 5.41) is 5.78. The fourth-order valence-electron chi connectivity index (χ4n) is 3.00. The molecule has 0 bridgehead atoms. The first-order valence-corrected chi connectivity index (χ1v) is 7.96. The lowest BCUT2D eigenvalue weighted by Crippen LogP contribution is -2.45. The average Bonchev–Trinajstić information content (AvgIpc) is 3.13. The molecular formula is C16H23N3O5. The van der Waals surface area contributed by atoms with E-state index in [9.17, 15) is 4.79 Å². The molecule has 8 nitrogen and oxygen atoms in total. The summed E-state index contributed by atoms with van der Waals surface area (Å²) in [5.74, 6) is 1.70. The van der Waals surface area contributed by atoms with Crippen LogP contribution < -0.4 is 24.8 Å². The van der Waals surface area contributed by atoms with Gasteiger partial charge in [-0.1, -0.05) is 0 Å². The van der Waals surface area contributed by atoms with Gasteiger partial charge < -0.3 is 34.5 Å². The van der Waals surface area contributed by atoms with Gasteiger partial charge in [-0.05, 0) is 14.0 Å². The molecule has 0 radical (unpaired) electrons. The number of ether oxygens (including phenoxy) is 4. The maximum absolute atomic E-state index is 12.4. The number of amides is 2. The highest BCUT2D eigenvalue weighted by Crippen LogP contribution is 2.40. The minimum Gasteiger partial charge on any atom is -0.494 e. The van der Waals surface area contributed by atoms with Gasteiger partial charge >= 0.3 is 6.03 Å². The lowest BCUT2D eigenvalue weighted by Gasteiger charge is -2.20. The zero-order valence-electron chi connectivity index (χ0n) is 14.1. The van der Waals surface area contributed by atoms with E-state index >= 15 is 0 Å². The largest absolute Gasteiger partial charge is 0.494 e. The SMILES string of the molecule is CCO[C@H]1CN(C)C[C@@H]1NC(=O)Nc1cc2c(cc1OC)OCO2. The number of likely N-dealkylation sites (N-methyl/N-ethyl adjacent to an activating group) is 1. The minimum atomic E-state index is -0.308. The number of rotatable bonds is 5. The number of carbonyl (C=O) groups excluding carboxylic acids is 1. The molecule has 1 aromatic rings. The number of nitrogens with zero attached hydrogens (tertiary/aromatic N) is 1. The van der Waals surface area contributed by atoms with Crippen LogP contribution in [0.1, 0.15) is 6.92 Å². The van der Waals surface area contributed by atoms with Crippen LogP contribution in [0.15, 0.2) is 12.1 Å². The van der Waals surface area contributed by atoms with Gasteiger partial charge in [0.2, 0.25) is 6.79 Å². The molecule has 8 heteroatoms. The van der Waals surface area contributed by atoms with Gasteiger partial charge in [-0.2, -0.15) is 0 Å². The van der Waals surface area contributed by atoms with Gasteiger partial charge in [0.15, 0.2) is 11.5 Å². The molecule has 0 aliphatic carbocycles. The van der Waals surface area contributed by atoms with E-state index in [4.69, 9.17) is 18.9 Å². The van der Waals surface area contributed by atoms with Crippen LogP contribution in [0.3, 0.4) is 0 Å². The predicted octanol–water partition coefficient (Wildman–Crippen LogP) is 1.26. The molecule has 0 spiro atoms. The summed E-state index contributed by atoms with van der Waals surface area (Å²) in [6, 6.07) is 3.03. The Labute approximate surface area is 141 Å². The highest BCUT2D eigenvalue weighted by Gasteiger charge is 2.32. The van der Waals surface area contributed by atoms with Crippen molar-refractivity contribution in [2.45, 2.75) is 19.1 Å². The molecule has 2 aliphatic heterocycles. The van der Waals surface area contributed by atoms with E-state index in [2.05, 4.69) is 15.5 Å². The van der Waals surface area contributed by atoms with Crippen molar-refractivity contribution in [3.63, 3.8) is 0 Å². The Morgan fingerprint density at radius 2 is 2.08 bits per heavy atom. The molecule has 1 fully saturated rings. The number of fused-ring (bicyclic) bond motifs is 1. The van der Waals surface area contributed by atoms with Crippen LogP contribution in [0.5, 0.6) is 17.2 Å². The van der Waals surface area contributed by atoms with Crippen molar-refractivity contribution in [3.8, 4) is 17.2 Å². The Balaban J connectivity index is 1.66. The Bertz CT molecular complexity index is 610. The third-order valence-corrected chi connectivity index (χ3v) is 4.09. The maximum Gasteiger partial charge on any atom is 0.319 e. The van der Waals surface area contributed by atoms with Crippen LogP contribution in [0, 0.1) is 0 Å². The third-order valence-electron chi connectivity index (χ3n) is 4.09. The molecule has 3 rings (SSSR count). The highest BCUT2D eigenvalue weighted by atomic mass is 16.7. The van der Waals surface area contributed by atoms with Gasteiger partial charge in [-0.3, -0.25) is 0 Å². The molecule has 2 N–H and O–H groups in total. The van der Waals surface area contributed by atoms with Gasteiger partial charge in [0, 0.05) is 31.8 Å². The highest BCUT2D eigenvalue weighted by molar-refractivity contribution is 5.92. The smallest absolute Gasteiger partial charge is 0.319 e. The molecule has 2 aliphatic rings. The summed E-state index contributed by atoms with van der Waals surface area (Å²) in [6.45, 7) is 4.28. The normalized spacial score (nSPS) is 22.5. The Morgan fingerprint density at radius 3 is 2.79 bits per heavy atom. The van der Waals surface area contributed by atoms with Crippen LogP contribution in [0.4, 0.5) is 10.5 Å². The first-order valence-electron chi connectivity index (χ1n) is 7.96. The van der Waals surface area contributed by atoms with Crippen molar-refractivity contribution in [2.75, 3.05) is 46.0 Å². The van der Waals surface area contributed by atoms with Gasteiger partial charge in [-0.15, -0.1) is 0 Å². The van der Waals surface area contributed by atoms with Crippen molar-refractivity contribution >= 4 is 11.7 Å². The molecule has 24 heavy (non-hydrogen) atoms. The van der Waals surface area contributed by atoms with E-state index in [1.165, 1.54) is 7.11 Å². The van der Waals surface area contributed by atoms with E-state index in [-0.39, 0.29) is 25.0 Å². The number of urea groups is 1. The van der Waals surface area contributed by atoms with Gasteiger partial charge in [0.25, 0.3) is 0 Å². The number of likely N-dealkylation sites (tertiary alicyclic amines) is 1. The topological polar surface area (TPSA) is 81.3 Å². The molecule has 0 saturated carbocycles. The molecule has 2 amide bonds. The van der Waals surface area contributed by atoms with Gasteiger partial charge in [0.05, 0.1) is 24.9 Å². The van der Waals surface area contributed by atoms with Crippen molar-refractivity contribution in [1.82, 2.24) is 10.2 Å². The fourth-order valence-corrected chi connectivity index (χ4v) is 3.00. The molecule has 0 aromatic heterocycles. The third kappa shape index (κ3) is 3.49. The van der Waals surface area contributed by atoms with Crippen molar-refractivity contribution in [2.24, 2.45) is 0 Å². The number of carbonyl (C=O) groups is 1. The molecule has 2 heterocycles.